The lowest BCUT2D eigenvalue weighted by molar-refractivity contribution is 0.603. The summed E-state index contributed by atoms with van der Waals surface area (Å²) in [6.07, 6.45) is 2.02. The number of pyridine rings is 1. The summed E-state index contributed by atoms with van der Waals surface area (Å²) in [4.78, 5) is 3.96. The van der Waals surface area contributed by atoms with Crippen LogP contribution < -0.4 is 5.73 Å². The van der Waals surface area contributed by atoms with Gasteiger partial charge in [-0.05, 0) is 26.0 Å². The average Bonchev–Trinajstić information content (AvgIpc) is 1.97. The maximum absolute atomic E-state index is 12.9. The molecule has 0 fully saturated rings. The summed E-state index contributed by atoms with van der Waals surface area (Å²) >= 11 is 0. The summed E-state index contributed by atoms with van der Waals surface area (Å²) in [5.74, 6) is -0.206. The molecule has 2 nitrogen and oxygen atoms in total. The summed E-state index contributed by atoms with van der Waals surface area (Å²) in [6, 6.07) is 1.36. The van der Waals surface area contributed by atoms with Crippen molar-refractivity contribution in [2.75, 3.05) is 6.54 Å². The van der Waals surface area contributed by atoms with Crippen molar-refractivity contribution in [2.24, 2.45) is 5.73 Å². The number of aromatic nitrogens is 1. The van der Waals surface area contributed by atoms with Crippen molar-refractivity contribution < 1.29 is 4.39 Å². The highest BCUT2D eigenvalue weighted by molar-refractivity contribution is 5.20. The standard InChI is InChI=1S/C8H11FN2/c1-6-7(2-4-10)8(9)3-5-11-6/h3,5H,2,4,10H2,1H3. The van der Waals surface area contributed by atoms with E-state index in [1.54, 1.807) is 6.92 Å². The Kier molecular flexibility index (Phi) is 2.54. The molecule has 60 valence electrons. The first kappa shape index (κ1) is 8.14. The average molecular weight is 154 g/mol. The number of aryl methyl sites for hydroxylation is 1. The van der Waals surface area contributed by atoms with Gasteiger partial charge in [-0.25, -0.2) is 4.39 Å². The molecule has 0 atom stereocenters. The van der Waals surface area contributed by atoms with Crippen LogP contribution in [0.2, 0.25) is 0 Å². The zero-order chi connectivity index (χ0) is 8.27. The van der Waals surface area contributed by atoms with E-state index in [9.17, 15) is 4.39 Å². The Hall–Kier alpha value is -0.960. The molecule has 11 heavy (non-hydrogen) atoms. The van der Waals surface area contributed by atoms with E-state index in [-0.39, 0.29) is 5.82 Å². The van der Waals surface area contributed by atoms with Crippen molar-refractivity contribution in [2.45, 2.75) is 13.3 Å². The lowest BCUT2D eigenvalue weighted by Crippen LogP contribution is -2.06. The first-order chi connectivity index (χ1) is 5.25. The van der Waals surface area contributed by atoms with Crippen molar-refractivity contribution in [3.8, 4) is 0 Å². The predicted molar refractivity (Wildman–Crippen MR) is 41.7 cm³/mol. The van der Waals surface area contributed by atoms with E-state index in [0.29, 0.717) is 18.5 Å². The molecule has 0 aliphatic carbocycles. The summed E-state index contributed by atoms with van der Waals surface area (Å²) in [5, 5.41) is 0. The highest BCUT2D eigenvalue weighted by Crippen LogP contribution is 2.09. The van der Waals surface area contributed by atoms with E-state index in [4.69, 9.17) is 5.73 Å². The third kappa shape index (κ3) is 1.74. The zero-order valence-electron chi connectivity index (χ0n) is 6.47. The van der Waals surface area contributed by atoms with Gasteiger partial charge in [-0.2, -0.15) is 0 Å². The highest BCUT2D eigenvalue weighted by atomic mass is 19.1. The SMILES string of the molecule is Cc1nccc(F)c1CCN. The maximum Gasteiger partial charge on any atom is 0.129 e. The minimum absolute atomic E-state index is 0.206. The molecule has 2 N–H and O–H groups in total. The molecule has 0 unspecified atom stereocenters. The van der Waals surface area contributed by atoms with Gasteiger partial charge in [0.05, 0.1) is 0 Å². The topological polar surface area (TPSA) is 38.9 Å². The molecule has 0 saturated carbocycles. The normalized spacial score (nSPS) is 10.1. The van der Waals surface area contributed by atoms with E-state index in [1.165, 1.54) is 12.3 Å². The molecule has 3 heteroatoms. The van der Waals surface area contributed by atoms with Gasteiger partial charge < -0.3 is 5.73 Å². The van der Waals surface area contributed by atoms with Gasteiger partial charge in [0.2, 0.25) is 0 Å². The van der Waals surface area contributed by atoms with Crippen molar-refractivity contribution in [1.82, 2.24) is 4.98 Å². The Morgan fingerprint density at radius 1 is 1.64 bits per heavy atom. The molecule has 0 aromatic carbocycles. The highest BCUT2D eigenvalue weighted by Gasteiger charge is 2.03. The number of hydrogen-bond donors (Lipinski definition) is 1. The van der Waals surface area contributed by atoms with Gasteiger partial charge >= 0.3 is 0 Å². The van der Waals surface area contributed by atoms with Gasteiger partial charge in [-0.3, -0.25) is 4.98 Å². The predicted octanol–water partition coefficient (Wildman–Crippen LogP) is 1.03. The Labute approximate surface area is 65.3 Å². The summed E-state index contributed by atoms with van der Waals surface area (Å²) in [5.41, 5.74) is 6.67. The number of nitrogens with zero attached hydrogens (tertiary/aromatic N) is 1. The smallest absolute Gasteiger partial charge is 0.129 e. The summed E-state index contributed by atoms with van der Waals surface area (Å²) in [7, 11) is 0. The summed E-state index contributed by atoms with van der Waals surface area (Å²) in [6.45, 7) is 2.25. The Balaban J connectivity index is 3.00. The van der Waals surface area contributed by atoms with Crippen LogP contribution in [-0.4, -0.2) is 11.5 Å². The van der Waals surface area contributed by atoms with Crippen LogP contribution in [0.1, 0.15) is 11.3 Å². The fraction of sp³-hybridized carbons (Fsp3) is 0.375. The van der Waals surface area contributed by atoms with Crippen molar-refractivity contribution in [1.29, 1.82) is 0 Å². The van der Waals surface area contributed by atoms with Crippen LogP contribution in [0, 0.1) is 12.7 Å². The van der Waals surface area contributed by atoms with Crippen LogP contribution in [0.4, 0.5) is 4.39 Å². The molecule has 1 rings (SSSR count). The van der Waals surface area contributed by atoms with Crippen LogP contribution >= 0.6 is 0 Å². The number of halogens is 1. The first-order valence-electron chi connectivity index (χ1n) is 3.55. The molecule has 0 spiro atoms. The van der Waals surface area contributed by atoms with Gasteiger partial charge in [-0.1, -0.05) is 0 Å². The second kappa shape index (κ2) is 3.44. The van der Waals surface area contributed by atoms with Gasteiger partial charge in [0.25, 0.3) is 0 Å². The van der Waals surface area contributed by atoms with Crippen LogP contribution in [0.25, 0.3) is 0 Å². The van der Waals surface area contributed by atoms with Crippen LogP contribution in [0.3, 0.4) is 0 Å². The molecule has 1 aromatic rings. The van der Waals surface area contributed by atoms with Gasteiger partial charge in [0.15, 0.2) is 0 Å². The van der Waals surface area contributed by atoms with Crippen LogP contribution in [-0.2, 0) is 6.42 Å². The largest absolute Gasteiger partial charge is 0.330 e. The zero-order valence-corrected chi connectivity index (χ0v) is 6.47. The van der Waals surface area contributed by atoms with E-state index in [0.717, 1.165) is 5.69 Å². The molecule has 1 heterocycles. The van der Waals surface area contributed by atoms with Crippen molar-refractivity contribution in [3.05, 3.63) is 29.3 Å². The second-order valence-electron chi connectivity index (χ2n) is 2.40. The van der Waals surface area contributed by atoms with E-state index in [2.05, 4.69) is 4.98 Å². The maximum atomic E-state index is 12.9. The number of rotatable bonds is 2. The number of nitrogens with two attached hydrogens (primary N) is 1. The Bertz CT molecular complexity index is 228. The monoisotopic (exact) mass is 154 g/mol. The Morgan fingerprint density at radius 2 is 2.36 bits per heavy atom. The lowest BCUT2D eigenvalue weighted by atomic mass is 10.1. The van der Waals surface area contributed by atoms with Crippen molar-refractivity contribution >= 4 is 0 Å². The molecule has 0 aliphatic rings. The quantitative estimate of drug-likeness (QED) is 0.691. The van der Waals surface area contributed by atoms with E-state index in [1.807, 2.05) is 0 Å². The molecular formula is C8H11FN2. The molecule has 0 bridgehead atoms. The Morgan fingerprint density at radius 3 is 2.91 bits per heavy atom. The van der Waals surface area contributed by atoms with Crippen LogP contribution in [0.15, 0.2) is 12.3 Å². The molecular weight excluding hydrogens is 143 g/mol. The molecule has 0 radical (unpaired) electrons. The van der Waals surface area contributed by atoms with Gasteiger partial charge in [0.1, 0.15) is 5.82 Å². The minimum Gasteiger partial charge on any atom is -0.330 e. The molecule has 0 aliphatic heterocycles. The third-order valence-corrected chi connectivity index (χ3v) is 1.61. The minimum atomic E-state index is -0.206. The van der Waals surface area contributed by atoms with E-state index < -0.39 is 0 Å². The fourth-order valence-electron chi connectivity index (χ4n) is 1.01. The first-order valence-corrected chi connectivity index (χ1v) is 3.55. The second-order valence-corrected chi connectivity index (χ2v) is 2.40. The third-order valence-electron chi connectivity index (χ3n) is 1.61. The van der Waals surface area contributed by atoms with Gasteiger partial charge in [0, 0.05) is 17.5 Å². The van der Waals surface area contributed by atoms with Crippen LogP contribution in [0.5, 0.6) is 0 Å². The van der Waals surface area contributed by atoms with Crippen molar-refractivity contribution in [3.63, 3.8) is 0 Å². The lowest BCUT2D eigenvalue weighted by Gasteiger charge is -2.02. The molecule has 1 aromatic heterocycles. The summed E-state index contributed by atoms with van der Waals surface area (Å²) < 4.78 is 12.9. The van der Waals surface area contributed by atoms with E-state index >= 15 is 0 Å². The van der Waals surface area contributed by atoms with Gasteiger partial charge in [-0.15, -0.1) is 0 Å². The molecule has 0 amide bonds. The fourth-order valence-corrected chi connectivity index (χ4v) is 1.01. The number of hydrogen-bond acceptors (Lipinski definition) is 2. The molecule has 0 saturated heterocycles.